The second-order valence-corrected chi connectivity index (χ2v) is 3.99. The van der Waals surface area contributed by atoms with Crippen molar-refractivity contribution in [3.05, 3.63) is 12.7 Å². The normalized spacial score (nSPS) is 20.1. The molecule has 0 aromatic carbocycles. The van der Waals surface area contributed by atoms with Gasteiger partial charge in [-0.15, -0.1) is 0 Å². The van der Waals surface area contributed by atoms with Crippen LogP contribution in [0.3, 0.4) is 0 Å². The summed E-state index contributed by atoms with van der Waals surface area (Å²) in [6, 6.07) is 0. The van der Waals surface area contributed by atoms with Crippen molar-refractivity contribution in [1.29, 1.82) is 0 Å². The van der Waals surface area contributed by atoms with Crippen LogP contribution in [0.2, 0.25) is 0 Å². The maximum Gasteiger partial charge on any atom is 0.330 e. The minimum Gasteiger partial charge on any atom is -0.459 e. The van der Waals surface area contributed by atoms with Crippen molar-refractivity contribution in [3.8, 4) is 0 Å². The molecule has 0 amide bonds. The van der Waals surface area contributed by atoms with Crippen molar-refractivity contribution in [2.24, 2.45) is 5.92 Å². The SMILES string of the molecule is C=CC(=O)OC(CC)C1CCCCC1. The fraction of sp³-hybridized carbons (Fsp3) is 0.750. The van der Waals surface area contributed by atoms with E-state index in [0.717, 1.165) is 6.42 Å². The van der Waals surface area contributed by atoms with Gasteiger partial charge in [0, 0.05) is 6.08 Å². The van der Waals surface area contributed by atoms with Gasteiger partial charge in [-0.1, -0.05) is 32.8 Å². The molecule has 0 saturated heterocycles. The maximum absolute atomic E-state index is 11.1. The number of ether oxygens (including phenoxy) is 1. The topological polar surface area (TPSA) is 26.3 Å². The van der Waals surface area contributed by atoms with Crippen LogP contribution in [0.1, 0.15) is 45.4 Å². The molecule has 0 N–H and O–H groups in total. The average Bonchev–Trinajstić information content (AvgIpc) is 2.26. The molecular formula is C12H20O2. The van der Waals surface area contributed by atoms with Gasteiger partial charge in [-0.25, -0.2) is 4.79 Å². The highest BCUT2D eigenvalue weighted by Crippen LogP contribution is 2.29. The van der Waals surface area contributed by atoms with Crippen molar-refractivity contribution >= 4 is 5.97 Å². The van der Waals surface area contributed by atoms with E-state index >= 15 is 0 Å². The van der Waals surface area contributed by atoms with E-state index in [2.05, 4.69) is 13.5 Å². The minimum atomic E-state index is -0.276. The van der Waals surface area contributed by atoms with E-state index in [1.54, 1.807) is 0 Å². The van der Waals surface area contributed by atoms with Crippen LogP contribution in [0.25, 0.3) is 0 Å². The van der Waals surface area contributed by atoms with Gasteiger partial charge in [0.15, 0.2) is 0 Å². The zero-order valence-electron chi connectivity index (χ0n) is 9.00. The smallest absolute Gasteiger partial charge is 0.330 e. The average molecular weight is 196 g/mol. The summed E-state index contributed by atoms with van der Waals surface area (Å²) in [6.45, 7) is 5.50. The molecular weight excluding hydrogens is 176 g/mol. The third-order valence-electron chi connectivity index (χ3n) is 3.01. The summed E-state index contributed by atoms with van der Waals surface area (Å²) < 4.78 is 5.33. The van der Waals surface area contributed by atoms with Gasteiger partial charge in [-0.2, -0.15) is 0 Å². The Balaban J connectivity index is 2.42. The molecule has 0 heterocycles. The van der Waals surface area contributed by atoms with Crippen molar-refractivity contribution in [2.45, 2.75) is 51.6 Å². The first kappa shape index (κ1) is 11.3. The Bertz CT molecular complexity index is 192. The van der Waals surface area contributed by atoms with Crippen LogP contribution < -0.4 is 0 Å². The summed E-state index contributed by atoms with van der Waals surface area (Å²) in [6.07, 6.45) is 8.62. The molecule has 1 saturated carbocycles. The van der Waals surface area contributed by atoms with Gasteiger partial charge in [0.2, 0.25) is 0 Å². The molecule has 1 aliphatic carbocycles. The van der Waals surface area contributed by atoms with Crippen LogP contribution in [0.4, 0.5) is 0 Å². The van der Waals surface area contributed by atoms with Gasteiger partial charge in [0.05, 0.1) is 0 Å². The Morgan fingerprint density at radius 3 is 2.64 bits per heavy atom. The van der Waals surface area contributed by atoms with E-state index in [1.165, 1.54) is 38.2 Å². The van der Waals surface area contributed by atoms with Gasteiger partial charge in [-0.3, -0.25) is 0 Å². The van der Waals surface area contributed by atoms with E-state index < -0.39 is 0 Å². The van der Waals surface area contributed by atoms with E-state index in [9.17, 15) is 4.79 Å². The zero-order chi connectivity index (χ0) is 10.4. The van der Waals surface area contributed by atoms with Crippen molar-refractivity contribution in [2.75, 3.05) is 0 Å². The van der Waals surface area contributed by atoms with Crippen LogP contribution in [-0.4, -0.2) is 12.1 Å². The molecule has 14 heavy (non-hydrogen) atoms. The third kappa shape index (κ3) is 3.17. The maximum atomic E-state index is 11.1. The molecule has 0 aromatic rings. The lowest BCUT2D eigenvalue weighted by molar-refractivity contribution is -0.146. The first-order chi connectivity index (χ1) is 6.77. The zero-order valence-corrected chi connectivity index (χ0v) is 9.00. The van der Waals surface area contributed by atoms with Crippen LogP contribution in [-0.2, 0) is 9.53 Å². The largest absolute Gasteiger partial charge is 0.459 e. The van der Waals surface area contributed by atoms with E-state index in [4.69, 9.17) is 4.74 Å². The summed E-state index contributed by atoms with van der Waals surface area (Å²) in [4.78, 5) is 11.1. The van der Waals surface area contributed by atoms with E-state index in [-0.39, 0.29) is 12.1 Å². The predicted molar refractivity (Wildman–Crippen MR) is 56.9 cm³/mol. The molecule has 0 aromatic heterocycles. The lowest BCUT2D eigenvalue weighted by atomic mass is 9.84. The lowest BCUT2D eigenvalue weighted by Crippen LogP contribution is -2.27. The molecule has 0 radical (unpaired) electrons. The summed E-state index contributed by atoms with van der Waals surface area (Å²) >= 11 is 0. The highest BCUT2D eigenvalue weighted by atomic mass is 16.5. The molecule has 80 valence electrons. The second-order valence-electron chi connectivity index (χ2n) is 3.99. The standard InChI is InChI=1S/C12H20O2/c1-3-11(14-12(13)4-2)10-8-6-5-7-9-10/h4,10-11H,2-3,5-9H2,1H3. The molecule has 0 aliphatic heterocycles. The summed E-state index contributed by atoms with van der Waals surface area (Å²) in [5.74, 6) is 0.306. The Kier molecular flexibility index (Phi) is 4.71. The van der Waals surface area contributed by atoms with Crippen molar-refractivity contribution in [1.82, 2.24) is 0 Å². The van der Waals surface area contributed by atoms with Crippen LogP contribution in [0, 0.1) is 5.92 Å². The van der Waals surface area contributed by atoms with E-state index in [1.807, 2.05) is 0 Å². The minimum absolute atomic E-state index is 0.112. The van der Waals surface area contributed by atoms with Gasteiger partial charge in [-0.05, 0) is 25.2 Å². The molecule has 1 rings (SSSR count). The van der Waals surface area contributed by atoms with Crippen LogP contribution in [0.5, 0.6) is 0 Å². The van der Waals surface area contributed by atoms with Crippen LogP contribution >= 0.6 is 0 Å². The molecule has 1 atom stereocenters. The molecule has 0 bridgehead atoms. The van der Waals surface area contributed by atoms with Gasteiger partial charge in [0.1, 0.15) is 6.10 Å². The lowest BCUT2D eigenvalue weighted by Gasteiger charge is -2.28. The van der Waals surface area contributed by atoms with Gasteiger partial charge < -0.3 is 4.74 Å². The number of rotatable bonds is 4. The first-order valence-electron chi connectivity index (χ1n) is 5.61. The van der Waals surface area contributed by atoms with Crippen LogP contribution in [0.15, 0.2) is 12.7 Å². The second kappa shape index (κ2) is 5.84. The number of carbonyl (C=O) groups is 1. The Morgan fingerprint density at radius 2 is 2.14 bits per heavy atom. The molecule has 1 unspecified atom stereocenters. The molecule has 1 fully saturated rings. The Hall–Kier alpha value is -0.790. The fourth-order valence-electron chi connectivity index (χ4n) is 2.22. The molecule has 2 nitrogen and oxygen atoms in total. The van der Waals surface area contributed by atoms with Crippen molar-refractivity contribution < 1.29 is 9.53 Å². The molecule has 0 spiro atoms. The highest BCUT2D eigenvalue weighted by molar-refractivity contribution is 5.81. The summed E-state index contributed by atoms with van der Waals surface area (Å²) in [5.41, 5.74) is 0. The first-order valence-corrected chi connectivity index (χ1v) is 5.61. The number of hydrogen-bond donors (Lipinski definition) is 0. The van der Waals surface area contributed by atoms with Gasteiger partial charge in [0.25, 0.3) is 0 Å². The fourth-order valence-corrected chi connectivity index (χ4v) is 2.22. The van der Waals surface area contributed by atoms with Gasteiger partial charge >= 0.3 is 5.97 Å². The van der Waals surface area contributed by atoms with Crippen molar-refractivity contribution in [3.63, 3.8) is 0 Å². The Labute approximate surface area is 86.3 Å². The summed E-state index contributed by atoms with van der Waals surface area (Å²) in [7, 11) is 0. The highest BCUT2D eigenvalue weighted by Gasteiger charge is 2.24. The number of esters is 1. The summed E-state index contributed by atoms with van der Waals surface area (Å²) in [5, 5.41) is 0. The predicted octanol–water partition coefficient (Wildman–Crippen LogP) is 3.07. The quantitative estimate of drug-likeness (QED) is 0.510. The molecule has 2 heteroatoms. The molecule has 1 aliphatic rings. The monoisotopic (exact) mass is 196 g/mol. The Morgan fingerprint density at radius 1 is 1.50 bits per heavy atom. The number of carbonyl (C=O) groups excluding carboxylic acids is 1. The number of hydrogen-bond acceptors (Lipinski definition) is 2. The van der Waals surface area contributed by atoms with E-state index in [0.29, 0.717) is 5.92 Å². The third-order valence-corrected chi connectivity index (χ3v) is 3.01.